The number of nitrogens with zero attached hydrogens (tertiary/aromatic N) is 3. The molecule has 0 amide bonds. The number of benzene rings is 2. The molecule has 0 saturated carbocycles. The van der Waals surface area contributed by atoms with Gasteiger partial charge < -0.3 is 4.42 Å². The van der Waals surface area contributed by atoms with Crippen LogP contribution >= 0.6 is 0 Å². The third-order valence-electron chi connectivity index (χ3n) is 4.21. The van der Waals surface area contributed by atoms with Crippen molar-refractivity contribution >= 4 is 17.1 Å². The van der Waals surface area contributed by atoms with Crippen LogP contribution in [0.1, 0.15) is 23.8 Å². The van der Waals surface area contributed by atoms with Crippen LogP contribution in [0, 0.1) is 10.1 Å². The van der Waals surface area contributed by atoms with Crippen LogP contribution in [0.5, 0.6) is 0 Å². The molecule has 0 bridgehead atoms. The normalized spacial score (nSPS) is 16.7. The summed E-state index contributed by atoms with van der Waals surface area (Å²) in [5.41, 5.74) is 2.80. The average molecular weight is 333 g/mol. The number of hydrazone groups is 1. The predicted octanol–water partition coefficient (Wildman–Crippen LogP) is 4.54. The van der Waals surface area contributed by atoms with Gasteiger partial charge in [-0.3, -0.25) is 15.1 Å². The third kappa shape index (κ3) is 2.89. The Bertz CT molecular complexity index is 903. The highest BCUT2D eigenvalue weighted by molar-refractivity contribution is 6.03. The maximum absolute atomic E-state index is 10.8. The molecule has 6 heteroatoms. The molecule has 0 N–H and O–H groups in total. The predicted molar refractivity (Wildman–Crippen MR) is 94.6 cm³/mol. The molecule has 25 heavy (non-hydrogen) atoms. The van der Waals surface area contributed by atoms with Crippen molar-refractivity contribution in [2.75, 3.05) is 5.01 Å². The first-order chi connectivity index (χ1) is 12.2. The van der Waals surface area contributed by atoms with Gasteiger partial charge in [-0.2, -0.15) is 5.10 Å². The smallest absolute Gasteiger partial charge is 0.269 e. The van der Waals surface area contributed by atoms with Crippen molar-refractivity contribution < 1.29 is 9.34 Å². The number of anilines is 1. The van der Waals surface area contributed by atoms with Gasteiger partial charge in [0.15, 0.2) is 0 Å². The number of furan rings is 1. The standard InChI is InChI=1S/C19H15N3O3/c23-22(24)16-10-8-14(9-11-16)17-13-18(19-7-4-12-25-19)21(20-17)15-5-2-1-3-6-15/h1-12,18H,13H2/t18-/m1/s1. The van der Waals surface area contributed by atoms with Crippen molar-refractivity contribution in [1.82, 2.24) is 0 Å². The van der Waals surface area contributed by atoms with Crippen LogP contribution in [-0.2, 0) is 0 Å². The molecule has 2 heterocycles. The number of nitro groups is 1. The minimum atomic E-state index is -0.401. The summed E-state index contributed by atoms with van der Waals surface area (Å²) in [4.78, 5) is 10.4. The van der Waals surface area contributed by atoms with E-state index in [0.29, 0.717) is 6.42 Å². The Balaban J connectivity index is 1.70. The van der Waals surface area contributed by atoms with Crippen molar-refractivity contribution in [3.8, 4) is 0 Å². The molecule has 3 aromatic rings. The zero-order valence-corrected chi connectivity index (χ0v) is 13.3. The van der Waals surface area contributed by atoms with Gasteiger partial charge in [0.05, 0.1) is 22.6 Å². The lowest BCUT2D eigenvalue weighted by Gasteiger charge is -2.21. The quantitative estimate of drug-likeness (QED) is 0.519. The van der Waals surface area contributed by atoms with Crippen LogP contribution in [0.25, 0.3) is 0 Å². The van der Waals surface area contributed by atoms with E-state index in [2.05, 4.69) is 0 Å². The summed E-state index contributed by atoms with van der Waals surface area (Å²) in [6.45, 7) is 0. The number of non-ortho nitro benzene ring substituents is 1. The molecule has 0 radical (unpaired) electrons. The second-order valence-corrected chi connectivity index (χ2v) is 5.77. The maximum atomic E-state index is 10.8. The summed E-state index contributed by atoms with van der Waals surface area (Å²) >= 11 is 0. The van der Waals surface area contributed by atoms with Gasteiger partial charge in [-0.05, 0) is 42.0 Å². The molecule has 1 aromatic heterocycles. The van der Waals surface area contributed by atoms with E-state index in [1.54, 1.807) is 18.4 Å². The van der Waals surface area contributed by atoms with Crippen LogP contribution in [-0.4, -0.2) is 10.6 Å². The van der Waals surface area contributed by atoms with Gasteiger partial charge in [0.1, 0.15) is 11.8 Å². The summed E-state index contributed by atoms with van der Waals surface area (Å²) in [7, 11) is 0. The first kappa shape index (κ1) is 15.1. The Kier molecular flexibility index (Phi) is 3.78. The number of hydrogen-bond donors (Lipinski definition) is 0. The Labute approximate surface area is 144 Å². The summed E-state index contributed by atoms with van der Waals surface area (Å²) < 4.78 is 5.60. The first-order valence-corrected chi connectivity index (χ1v) is 7.92. The van der Waals surface area contributed by atoms with Gasteiger partial charge in [0, 0.05) is 18.6 Å². The fraction of sp³-hybridized carbons (Fsp3) is 0.105. The van der Waals surface area contributed by atoms with Gasteiger partial charge in [-0.1, -0.05) is 18.2 Å². The Morgan fingerprint density at radius 2 is 1.80 bits per heavy atom. The van der Waals surface area contributed by atoms with Crippen LogP contribution in [0.3, 0.4) is 0 Å². The second kappa shape index (κ2) is 6.24. The highest BCUT2D eigenvalue weighted by Crippen LogP contribution is 2.36. The highest BCUT2D eigenvalue weighted by atomic mass is 16.6. The lowest BCUT2D eigenvalue weighted by Crippen LogP contribution is -2.17. The molecular formula is C19H15N3O3. The topological polar surface area (TPSA) is 71.9 Å². The van der Waals surface area contributed by atoms with Gasteiger partial charge >= 0.3 is 0 Å². The minimum absolute atomic E-state index is 0.0393. The number of rotatable bonds is 4. The molecule has 124 valence electrons. The summed E-state index contributed by atoms with van der Waals surface area (Å²) in [6.07, 6.45) is 2.32. The molecule has 0 fully saturated rings. The molecule has 4 rings (SSSR count). The summed E-state index contributed by atoms with van der Waals surface area (Å²) in [5, 5.41) is 17.5. The number of hydrogen-bond acceptors (Lipinski definition) is 5. The maximum Gasteiger partial charge on any atom is 0.269 e. The number of nitro benzene ring substituents is 1. The molecule has 0 unspecified atom stereocenters. The van der Waals surface area contributed by atoms with Crippen LogP contribution < -0.4 is 5.01 Å². The van der Waals surface area contributed by atoms with E-state index in [-0.39, 0.29) is 11.7 Å². The van der Waals surface area contributed by atoms with Crippen LogP contribution in [0.4, 0.5) is 11.4 Å². The monoisotopic (exact) mass is 333 g/mol. The second-order valence-electron chi connectivity index (χ2n) is 5.77. The van der Waals surface area contributed by atoms with E-state index in [9.17, 15) is 10.1 Å². The van der Waals surface area contributed by atoms with Gasteiger partial charge in [0.25, 0.3) is 5.69 Å². The van der Waals surface area contributed by atoms with Crippen LogP contribution in [0.2, 0.25) is 0 Å². The minimum Gasteiger partial charge on any atom is -0.467 e. The molecule has 0 aliphatic carbocycles. The third-order valence-corrected chi connectivity index (χ3v) is 4.21. The molecular weight excluding hydrogens is 318 g/mol. The van der Waals surface area contributed by atoms with E-state index in [1.165, 1.54) is 12.1 Å². The summed E-state index contributed by atoms with van der Waals surface area (Å²) in [5.74, 6) is 0.838. The van der Waals surface area contributed by atoms with Crippen molar-refractivity contribution in [3.05, 3.63) is 94.4 Å². The molecule has 1 aliphatic rings. The molecule has 1 aliphatic heterocycles. The number of para-hydroxylation sites is 1. The lowest BCUT2D eigenvalue weighted by atomic mass is 10.0. The molecule has 1 atom stereocenters. The molecule has 0 saturated heterocycles. The molecule has 6 nitrogen and oxygen atoms in total. The first-order valence-electron chi connectivity index (χ1n) is 7.92. The molecule has 2 aromatic carbocycles. The van der Waals surface area contributed by atoms with Gasteiger partial charge in [-0.25, -0.2) is 0 Å². The SMILES string of the molecule is O=[N+]([O-])c1ccc(C2=NN(c3ccccc3)[C@@H](c3ccco3)C2)cc1. The van der Waals surface area contributed by atoms with E-state index in [0.717, 1.165) is 22.7 Å². The Morgan fingerprint density at radius 1 is 1.04 bits per heavy atom. The zero-order chi connectivity index (χ0) is 17.2. The van der Waals surface area contributed by atoms with Crippen molar-refractivity contribution in [2.24, 2.45) is 5.10 Å². The highest BCUT2D eigenvalue weighted by Gasteiger charge is 2.31. The summed E-state index contributed by atoms with van der Waals surface area (Å²) in [6, 6.07) is 20.1. The van der Waals surface area contributed by atoms with E-state index < -0.39 is 4.92 Å². The fourth-order valence-corrected chi connectivity index (χ4v) is 2.98. The zero-order valence-electron chi connectivity index (χ0n) is 13.3. The van der Waals surface area contributed by atoms with Gasteiger partial charge in [0.2, 0.25) is 0 Å². The lowest BCUT2D eigenvalue weighted by molar-refractivity contribution is -0.384. The van der Waals surface area contributed by atoms with Gasteiger partial charge in [-0.15, -0.1) is 0 Å². The largest absolute Gasteiger partial charge is 0.467 e. The van der Waals surface area contributed by atoms with E-state index in [4.69, 9.17) is 9.52 Å². The van der Waals surface area contributed by atoms with Crippen molar-refractivity contribution in [1.29, 1.82) is 0 Å². The Hall–Kier alpha value is -3.41. The molecule has 0 spiro atoms. The fourth-order valence-electron chi connectivity index (χ4n) is 2.98. The Morgan fingerprint density at radius 3 is 2.44 bits per heavy atom. The van der Waals surface area contributed by atoms with E-state index in [1.807, 2.05) is 47.5 Å². The van der Waals surface area contributed by atoms with Crippen molar-refractivity contribution in [2.45, 2.75) is 12.5 Å². The van der Waals surface area contributed by atoms with E-state index >= 15 is 0 Å². The van der Waals surface area contributed by atoms with Crippen molar-refractivity contribution in [3.63, 3.8) is 0 Å². The average Bonchev–Trinajstić information content (AvgIpc) is 3.32. The van der Waals surface area contributed by atoms with Crippen LogP contribution in [0.15, 0.2) is 82.5 Å².